The molecule has 0 fully saturated rings. The summed E-state index contributed by atoms with van der Waals surface area (Å²) < 4.78 is 1.27. The molecule has 18 heavy (non-hydrogen) atoms. The highest BCUT2D eigenvalue weighted by atomic mass is 16.4. The Labute approximate surface area is 104 Å². The molecule has 0 bridgehead atoms. The van der Waals surface area contributed by atoms with Gasteiger partial charge < -0.3 is 10.4 Å². The second-order valence-corrected chi connectivity index (χ2v) is 4.13. The Hall–Kier alpha value is -2.30. The van der Waals surface area contributed by atoms with Crippen LogP contribution in [0.5, 0.6) is 0 Å². The first-order valence-electron chi connectivity index (χ1n) is 5.56. The van der Waals surface area contributed by atoms with E-state index in [1.807, 2.05) is 19.1 Å². The molecule has 0 spiro atoms. The largest absolute Gasteiger partial charge is 0.480 e. The third kappa shape index (κ3) is 2.07. The monoisotopic (exact) mass is 246 g/mol. The van der Waals surface area contributed by atoms with E-state index in [9.17, 15) is 9.59 Å². The van der Waals surface area contributed by atoms with Gasteiger partial charge in [0.15, 0.2) is 0 Å². The van der Waals surface area contributed by atoms with E-state index >= 15 is 0 Å². The molecule has 0 atom stereocenters. The van der Waals surface area contributed by atoms with Crippen LogP contribution < -0.4 is 10.9 Å². The molecule has 1 aromatic carbocycles. The van der Waals surface area contributed by atoms with Gasteiger partial charge in [-0.05, 0) is 24.6 Å². The van der Waals surface area contributed by atoms with Crippen molar-refractivity contribution in [1.82, 2.24) is 4.57 Å². The van der Waals surface area contributed by atoms with Crippen molar-refractivity contribution in [2.24, 2.45) is 0 Å². The zero-order chi connectivity index (χ0) is 13.3. The molecule has 2 aromatic rings. The molecule has 2 N–H and O–H groups in total. The predicted octanol–water partition coefficient (Wildman–Crippen LogP) is 1.44. The average molecular weight is 246 g/mol. The summed E-state index contributed by atoms with van der Waals surface area (Å²) in [5, 5.41) is 12.7. The number of aromatic nitrogens is 1. The summed E-state index contributed by atoms with van der Waals surface area (Å²) in [7, 11) is 1.77. The van der Waals surface area contributed by atoms with E-state index in [1.54, 1.807) is 13.1 Å². The predicted molar refractivity (Wildman–Crippen MR) is 70.1 cm³/mol. The van der Waals surface area contributed by atoms with E-state index in [4.69, 9.17) is 5.11 Å². The highest BCUT2D eigenvalue weighted by molar-refractivity contribution is 5.86. The summed E-state index contributed by atoms with van der Waals surface area (Å²) in [6, 6.07) is 7.02. The van der Waals surface area contributed by atoms with Gasteiger partial charge in [-0.15, -0.1) is 0 Å². The van der Waals surface area contributed by atoms with Gasteiger partial charge in [0.2, 0.25) is 0 Å². The van der Waals surface area contributed by atoms with Gasteiger partial charge in [-0.1, -0.05) is 6.07 Å². The van der Waals surface area contributed by atoms with E-state index in [0.717, 1.165) is 16.6 Å². The number of carboxylic acids is 1. The van der Waals surface area contributed by atoms with E-state index in [-0.39, 0.29) is 12.1 Å². The summed E-state index contributed by atoms with van der Waals surface area (Å²) in [6.45, 7) is 1.51. The molecule has 94 valence electrons. The zero-order valence-corrected chi connectivity index (χ0v) is 10.2. The van der Waals surface area contributed by atoms with Crippen molar-refractivity contribution < 1.29 is 9.90 Å². The molecule has 5 nitrogen and oxygen atoms in total. The number of aliphatic carboxylic acids is 1. The van der Waals surface area contributed by atoms with Crippen molar-refractivity contribution >= 4 is 22.6 Å². The van der Waals surface area contributed by atoms with Crippen molar-refractivity contribution in [2.45, 2.75) is 13.5 Å². The Morgan fingerprint density at radius 3 is 2.72 bits per heavy atom. The van der Waals surface area contributed by atoms with E-state index in [2.05, 4.69) is 5.32 Å². The minimum Gasteiger partial charge on any atom is -0.480 e. The van der Waals surface area contributed by atoms with Crippen molar-refractivity contribution in [3.05, 3.63) is 40.2 Å². The fraction of sp³-hybridized carbons (Fsp3) is 0.231. The average Bonchev–Trinajstić information content (AvgIpc) is 2.33. The number of hydrogen-bond donors (Lipinski definition) is 2. The first-order valence-corrected chi connectivity index (χ1v) is 5.56. The molecule has 1 aromatic heterocycles. The summed E-state index contributed by atoms with van der Waals surface area (Å²) in [5.74, 6) is -1.03. The minimum atomic E-state index is -1.03. The number of nitrogens with one attached hydrogen (secondary N) is 1. The maximum absolute atomic E-state index is 11.9. The number of anilines is 1. The van der Waals surface area contributed by atoms with Gasteiger partial charge in [0, 0.05) is 24.2 Å². The van der Waals surface area contributed by atoms with Crippen LogP contribution in [0.15, 0.2) is 29.1 Å². The smallest absolute Gasteiger partial charge is 0.323 e. The molecule has 0 amide bonds. The second kappa shape index (κ2) is 4.52. The van der Waals surface area contributed by atoms with Crippen molar-refractivity contribution in [3.63, 3.8) is 0 Å². The highest BCUT2D eigenvalue weighted by Crippen LogP contribution is 2.20. The standard InChI is InChI=1S/C13H14N2O3/c1-8-5-12(16)15(7-13(17)18)11-6-9(14-2)3-4-10(8)11/h3-6,14H,7H2,1-2H3,(H,17,18). The molecule has 5 heteroatoms. The molecule has 1 heterocycles. The molecule has 0 saturated heterocycles. The number of aryl methyl sites for hydroxylation is 1. The van der Waals surface area contributed by atoms with Crippen molar-refractivity contribution in [2.75, 3.05) is 12.4 Å². The third-order valence-corrected chi connectivity index (χ3v) is 2.90. The van der Waals surface area contributed by atoms with Crippen LogP contribution in [-0.4, -0.2) is 22.7 Å². The number of pyridine rings is 1. The first-order chi connectivity index (χ1) is 8.52. The minimum absolute atomic E-state index is 0.296. The molecule has 0 unspecified atom stereocenters. The van der Waals surface area contributed by atoms with Crippen LogP contribution in [0.3, 0.4) is 0 Å². The van der Waals surface area contributed by atoms with E-state index < -0.39 is 5.97 Å². The first kappa shape index (κ1) is 12.2. The molecule has 0 aliphatic heterocycles. The number of carboxylic acid groups (broad SMARTS) is 1. The lowest BCUT2D eigenvalue weighted by atomic mass is 10.1. The lowest BCUT2D eigenvalue weighted by Crippen LogP contribution is -2.24. The highest BCUT2D eigenvalue weighted by Gasteiger charge is 2.09. The second-order valence-electron chi connectivity index (χ2n) is 4.13. The van der Waals surface area contributed by atoms with Gasteiger partial charge in [0.25, 0.3) is 5.56 Å². The molecule has 0 aliphatic rings. The lowest BCUT2D eigenvalue weighted by molar-refractivity contribution is -0.137. The van der Waals surface area contributed by atoms with E-state index in [1.165, 1.54) is 10.6 Å². The lowest BCUT2D eigenvalue weighted by Gasteiger charge is -2.11. The van der Waals surface area contributed by atoms with Crippen molar-refractivity contribution in [1.29, 1.82) is 0 Å². The Bertz CT molecular complexity index is 674. The van der Waals surface area contributed by atoms with Crippen LogP contribution >= 0.6 is 0 Å². The molecule has 0 aliphatic carbocycles. The maximum Gasteiger partial charge on any atom is 0.323 e. The number of hydrogen-bond acceptors (Lipinski definition) is 3. The van der Waals surface area contributed by atoms with Gasteiger partial charge in [0.05, 0.1) is 5.52 Å². The Balaban J connectivity index is 2.81. The molecular formula is C13H14N2O3. The third-order valence-electron chi connectivity index (χ3n) is 2.90. The summed E-state index contributed by atoms with van der Waals surface area (Å²) >= 11 is 0. The van der Waals surface area contributed by atoms with Crippen LogP contribution in [-0.2, 0) is 11.3 Å². The molecular weight excluding hydrogens is 232 g/mol. The quantitative estimate of drug-likeness (QED) is 0.859. The Morgan fingerprint density at radius 2 is 2.11 bits per heavy atom. The fourth-order valence-electron chi connectivity index (χ4n) is 2.00. The number of carbonyl (C=O) groups is 1. The van der Waals surface area contributed by atoms with Gasteiger partial charge in [-0.25, -0.2) is 0 Å². The normalized spacial score (nSPS) is 10.6. The zero-order valence-electron chi connectivity index (χ0n) is 10.2. The maximum atomic E-state index is 11.9. The summed E-state index contributed by atoms with van der Waals surface area (Å²) in [4.78, 5) is 22.7. The summed E-state index contributed by atoms with van der Waals surface area (Å²) in [5.41, 5.74) is 2.02. The van der Waals surface area contributed by atoms with Crippen LogP contribution in [0.25, 0.3) is 10.9 Å². The van der Waals surface area contributed by atoms with Crippen molar-refractivity contribution in [3.8, 4) is 0 Å². The van der Waals surface area contributed by atoms with Crippen LogP contribution in [0.4, 0.5) is 5.69 Å². The molecule has 0 saturated carbocycles. The van der Waals surface area contributed by atoms with Crippen LogP contribution in [0, 0.1) is 6.92 Å². The van der Waals surface area contributed by atoms with Gasteiger partial charge in [-0.3, -0.25) is 14.2 Å². The number of rotatable bonds is 3. The number of benzene rings is 1. The van der Waals surface area contributed by atoms with Gasteiger partial charge in [0.1, 0.15) is 6.54 Å². The SMILES string of the molecule is CNc1ccc2c(C)cc(=O)n(CC(=O)O)c2c1. The van der Waals surface area contributed by atoms with Crippen LogP contribution in [0.1, 0.15) is 5.56 Å². The van der Waals surface area contributed by atoms with Crippen LogP contribution in [0.2, 0.25) is 0 Å². The van der Waals surface area contributed by atoms with Gasteiger partial charge in [-0.2, -0.15) is 0 Å². The fourth-order valence-corrected chi connectivity index (χ4v) is 2.00. The topological polar surface area (TPSA) is 71.3 Å². The number of fused-ring (bicyclic) bond motifs is 1. The molecule has 2 rings (SSSR count). The summed E-state index contributed by atoms with van der Waals surface area (Å²) in [6.07, 6.45) is 0. The van der Waals surface area contributed by atoms with Gasteiger partial charge >= 0.3 is 5.97 Å². The number of nitrogens with zero attached hydrogens (tertiary/aromatic N) is 1. The van der Waals surface area contributed by atoms with E-state index in [0.29, 0.717) is 5.52 Å². The molecule has 0 radical (unpaired) electrons. The Morgan fingerprint density at radius 1 is 1.39 bits per heavy atom. The Kier molecular flexibility index (Phi) is 3.06.